The van der Waals surface area contributed by atoms with Crippen LogP contribution in [0.25, 0.3) is 0 Å². The predicted octanol–water partition coefficient (Wildman–Crippen LogP) is 7.92. The molecule has 0 bridgehead atoms. The maximum atomic E-state index is 5.83. The number of fused-ring (bicyclic) bond motifs is 1. The van der Waals surface area contributed by atoms with Gasteiger partial charge in [0.15, 0.2) is 23.0 Å². The molecule has 0 fully saturated rings. The van der Waals surface area contributed by atoms with Crippen molar-refractivity contribution in [2.45, 2.75) is 42.1 Å². The Hall–Kier alpha value is -2.64. The van der Waals surface area contributed by atoms with Crippen molar-refractivity contribution in [3.63, 3.8) is 0 Å². The Labute approximate surface area is 222 Å². The fraction of sp³-hybridized carbons (Fsp3) is 0.379. The lowest BCUT2D eigenvalue weighted by molar-refractivity contribution is 0.174. The molecule has 0 N–H and O–H groups in total. The van der Waals surface area contributed by atoms with Gasteiger partial charge in [-0.3, -0.25) is 0 Å². The first kappa shape index (κ1) is 26.4. The van der Waals surface area contributed by atoms with Gasteiger partial charge in [-0.1, -0.05) is 31.5 Å². The van der Waals surface area contributed by atoms with Crippen LogP contribution < -0.4 is 23.7 Å². The van der Waals surface area contributed by atoms with Crippen LogP contribution >= 0.6 is 23.5 Å². The molecule has 4 rings (SSSR count). The largest absolute Gasteiger partial charge is 0.493 e. The Morgan fingerprint density at radius 2 is 1.50 bits per heavy atom. The van der Waals surface area contributed by atoms with E-state index in [1.165, 1.54) is 28.9 Å². The number of rotatable bonds is 12. The van der Waals surface area contributed by atoms with Crippen molar-refractivity contribution in [1.29, 1.82) is 0 Å². The van der Waals surface area contributed by atoms with E-state index < -0.39 is 0 Å². The standard InChI is InChI=1S/C29H34O5S2/c1-6-7-13-35-19(2)22-16-24-25(34-18-33-24)17-23(22)29(36-21-11-9-8-10-12-21)20-14-26(30-3)28(32-5)27(15-20)31-4/h8-12,14-17,19,29H,6-7,13,18H2,1-5H3. The van der Waals surface area contributed by atoms with Gasteiger partial charge in [-0.05, 0) is 72.2 Å². The third-order valence-electron chi connectivity index (χ3n) is 6.15. The molecule has 2 unspecified atom stereocenters. The molecule has 1 aliphatic rings. The van der Waals surface area contributed by atoms with E-state index in [1.807, 2.05) is 30.0 Å². The molecular formula is C29H34O5S2. The van der Waals surface area contributed by atoms with E-state index in [4.69, 9.17) is 23.7 Å². The highest BCUT2D eigenvalue weighted by Crippen LogP contribution is 2.51. The van der Waals surface area contributed by atoms with Gasteiger partial charge < -0.3 is 23.7 Å². The highest BCUT2D eigenvalue weighted by Gasteiger charge is 2.28. The van der Waals surface area contributed by atoms with Crippen LogP contribution in [-0.4, -0.2) is 33.9 Å². The Balaban J connectivity index is 1.87. The van der Waals surface area contributed by atoms with E-state index >= 15 is 0 Å². The molecular weight excluding hydrogens is 492 g/mol. The summed E-state index contributed by atoms with van der Waals surface area (Å²) in [7, 11) is 4.93. The summed E-state index contributed by atoms with van der Waals surface area (Å²) in [4.78, 5) is 1.17. The zero-order chi connectivity index (χ0) is 25.5. The second kappa shape index (κ2) is 12.5. The summed E-state index contributed by atoms with van der Waals surface area (Å²) in [6.07, 6.45) is 2.38. The lowest BCUT2D eigenvalue weighted by Gasteiger charge is -2.25. The van der Waals surface area contributed by atoms with Crippen LogP contribution in [0.4, 0.5) is 0 Å². The number of benzene rings is 3. The summed E-state index contributed by atoms with van der Waals surface area (Å²) in [5.74, 6) is 4.57. The van der Waals surface area contributed by atoms with Crippen molar-refractivity contribution in [3.8, 4) is 28.7 Å². The molecule has 192 valence electrons. The minimum atomic E-state index is -0.0418. The zero-order valence-electron chi connectivity index (χ0n) is 21.5. The third-order valence-corrected chi connectivity index (χ3v) is 8.74. The van der Waals surface area contributed by atoms with Crippen LogP contribution in [-0.2, 0) is 0 Å². The first-order valence-corrected chi connectivity index (χ1v) is 14.1. The Morgan fingerprint density at radius 3 is 2.08 bits per heavy atom. The normalized spacial score (nSPS) is 13.8. The van der Waals surface area contributed by atoms with Crippen LogP contribution in [0.2, 0.25) is 0 Å². The molecule has 1 heterocycles. The van der Waals surface area contributed by atoms with Crippen LogP contribution in [0, 0.1) is 0 Å². The van der Waals surface area contributed by atoms with Crippen molar-refractivity contribution in [3.05, 3.63) is 71.3 Å². The SMILES string of the molecule is CCCCSC(C)c1cc2c(cc1C(Sc1ccccc1)c1cc(OC)c(OC)c(OC)c1)OCO2. The maximum Gasteiger partial charge on any atom is 0.231 e. The van der Waals surface area contributed by atoms with Gasteiger partial charge in [0.2, 0.25) is 12.5 Å². The molecule has 0 saturated heterocycles. The number of hydrogen-bond acceptors (Lipinski definition) is 7. The monoisotopic (exact) mass is 526 g/mol. The molecule has 36 heavy (non-hydrogen) atoms. The molecule has 0 radical (unpaired) electrons. The van der Waals surface area contributed by atoms with E-state index in [0.29, 0.717) is 22.5 Å². The van der Waals surface area contributed by atoms with E-state index in [9.17, 15) is 0 Å². The number of thioether (sulfide) groups is 2. The fourth-order valence-electron chi connectivity index (χ4n) is 4.25. The first-order valence-electron chi connectivity index (χ1n) is 12.2. The van der Waals surface area contributed by atoms with Gasteiger partial charge in [-0.2, -0.15) is 11.8 Å². The van der Waals surface area contributed by atoms with Crippen molar-refractivity contribution in [1.82, 2.24) is 0 Å². The van der Waals surface area contributed by atoms with Gasteiger partial charge in [0, 0.05) is 10.1 Å². The molecule has 7 heteroatoms. The van der Waals surface area contributed by atoms with Gasteiger partial charge in [0.1, 0.15) is 0 Å². The third kappa shape index (κ3) is 5.84. The van der Waals surface area contributed by atoms with Crippen LogP contribution in [0.5, 0.6) is 28.7 Å². The van der Waals surface area contributed by atoms with Gasteiger partial charge in [0.05, 0.1) is 26.6 Å². The van der Waals surface area contributed by atoms with Crippen LogP contribution in [0.3, 0.4) is 0 Å². The van der Waals surface area contributed by atoms with Crippen LogP contribution in [0.1, 0.15) is 53.9 Å². The number of methoxy groups -OCH3 is 3. The molecule has 0 saturated carbocycles. The average molecular weight is 527 g/mol. The van der Waals surface area contributed by atoms with Gasteiger partial charge >= 0.3 is 0 Å². The molecule has 5 nitrogen and oxygen atoms in total. The summed E-state index contributed by atoms with van der Waals surface area (Å²) in [6, 6.07) is 18.9. The van der Waals surface area contributed by atoms with Crippen molar-refractivity contribution in [2.24, 2.45) is 0 Å². The molecule has 1 aliphatic heterocycles. The maximum absolute atomic E-state index is 5.83. The summed E-state index contributed by atoms with van der Waals surface area (Å²) in [5, 5.41) is 0.252. The second-order valence-corrected chi connectivity index (χ2v) is 11.1. The summed E-state index contributed by atoms with van der Waals surface area (Å²) >= 11 is 3.77. The van der Waals surface area contributed by atoms with Gasteiger partial charge in [-0.25, -0.2) is 0 Å². The molecule has 2 atom stereocenters. The van der Waals surface area contributed by atoms with Gasteiger partial charge in [-0.15, -0.1) is 11.8 Å². The molecule has 0 aromatic heterocycles. The zero-order valence-corrected chi connectivity index (χ0v) is 23.2. The van der Waals surface area contributed by atoms with E-state index in [2.05, 4.69) is 50.2 Å². The van der Waals surface area contributed by atoms with E-state index in [0.717, 1.165) is 22.8 Å². The Bertz CT molecular complexity index is 1130. The summed E-state index contributed by atoms with van der Waals surface area (Å²) in [6.45, 7) is 4.76. The lowest BCUT2D eigenvalue weighted by atomic mass is 9.96. The lowest BCUT2D eigenvalue weighted by Crippen LogP contribution is -2.06. The quantitative estimate of drug-likeness (QED) is 0.175. The Morgan fingerprint density at radius 1 is 0.861 bits per heavy atom. The molecule has 3 aromatic carbocycles. The van der Waals surface area contributed by atoms with Crippen molar-refractivity contribution >= 4 is 23.5 Å². The Kier molecular flexibility index (Phi) is 9.21. The summed E-state index contributed by atoms with van der Waals surface area (Å²) in [5.41, 5.74) is 3.51. The topological polar surface area (TPSA) is 46.2 Å². The minimum absolute atomic E-state index is 0.0418. The van der Waals surface area contributed by atoms with Crippen LogP contribution in [0.15, 0.2) is 59.5 Å². The molecule has 0 spiro atoms. The first-order chi connectivity index (χ1) is 17.6. The number of hydrogen-bond donors (Lipinski definition) is 0. The van der Waals surface area contributed by atoms with Crippen molar-refractivity contribution in [2.75, 3.05) is 33.9 Å². The highest BCUT2D eigenvalue weighted by molar-refractivity contribution is 8.00. The van der Waals surface area contributed by atoms with Crippen molar-refractivity contribution < 1.29 is 23.7 Å². The highest BCUT2D eigenvalue weighted by atomic mass is 32.2. The minimum Gasteiger partial charge on any atom is -0.493 e. The van der Waals surface area contributed by atoms with E-state index in [-0.39, 0.29) is 12.0 Å². The fourth-order valence-corrected chi connectivity index (χ4v) is 6.63. The number of unbranched alkanes of at least 4 members (excludes halogenated alkanes) is 1. The average Bonchev–Trinajstić information content (AvgIpc) is 3.38. The van der Waals surface area contributed by atoms with Gasteiger partial charge in [0.25, 0.3) is 0 Å². The summed E-state index contributed by atoms with van der Waals surface area (Å²) < 4.78 is 28.6. The molecule has 0 amide bonds. The number of ether oxygens (including phenoxy) is 5. The predicted molar refractivity (Wildman–Crippen MR) is 149 cm³/mol. The molecule has 0 aliphatic carbocycles. The smallest absolute Gasteiger partial charge is 0.231 e. The van der Waals surface area contributed by atoms with E-state index in [1.54, 1.807) is 33.1 Å². The second-order valence-electron chi connectivity index (χ2n) is 8.47. The molecule has 3 aromatic rings.